The minimum absolute atomic E-state index is 0.0117. The molecular weight excluding hydrogens is 358 g/mol. The van der Waals surface area contributed by atoms with Gasteiger partial charge in [-0.3, -0.25) is 19.5 Å². The average molecular weight is 375 g/mol. The Bertz CT molecular complexity index is 1270. The Kier molecular flexibility index (Phi) is 4.23. The van der Waals surface area contributed by atoms with Crippen LogP contribution in [-0.4, -0.2) is 24.3 Å². The summed E-state index contributed by atoms with van der Waals surface area (Å²) in [7, 11) is 0. The summed E-state index contributed by atoms with van der Waals surface area (Å²) in [6.07, 6.45) is 2.96. The second-order valence-corrected chi connectivity index (χ2v) is 6.62. The number of rotatable bonds is 4. The highest BCUT2D eigenvalue weighted by atomic mass is 16.6. The van der Waals surface area contributed by atoms with Crippen LogP contribution >= 0.6 is 0 Å². The first-order chi connectivity index (χ1) is 13.5. The minimum atomic E-state index is -0.456. The van der Waals surface area contributed by atoms with E-state index in [1.807, 2.05) is 32.0 Å². The summed E-state index contributed by atoms with van der Waals surface area (Å²) in [5.74, 6) is 0. The fourth-order valence-corrected chi connectivity index (χ4v) is 3.17. The maximum Gasteiger partial charge on any atom is 0.269 e. The van der Waals surface area contributed by atoms with E-state index in [0.29, 0.717) is 16.6 Å². The lowest BCUT2D eigenvalue weighted by Crippen LogP contribution is -2.21. The normalized spacial score (nSPS) is 11.1. The average Bonchev–Trinajstić information content (AvgIpc) is 3.11. The molecule has 28 heavy (non-hydrogen) atoms. The molecule has 0 aliphatic heterocycles. The van der Waals surface area contributed by atoms with Gasteiger partial charge in [0.2, 0.25) is 0 Å². The Balaban J connectivity index is 1.77. The van der Waals surface area contributed by atoms with Gasteiger partial charge in [-0.1, -0.05) is 24.3 Å². The third kappa shape index (κ3) is 2.94. The number of aromatic nitrogens is 4. The van der Waals surface area contributed by atoms with Crippen molar-refractivity contribution >= 4 is 16.7 Å². The number of nitro benzene ring substituents is 1. The van der Waals surface area contributed by atoms with E-state index in [1.54, 1.807) is 16.8 Å². The summed E-state index contributed by atoms with van der Waals surface area (Å²) in [5.41, 5.74) is 3.94. The van der Waals surface area contributed by atoms with Crippen molar-refractivity contribution in [3.63, 3.8) is 0 Å². The fourth-order valence-electron chi connectivity index (χ4n) is 3.17. The molecule has 0 atom stereocenters. The van der Waals surface area contributed by atoms with Gasteiger partial charge in [-0.05, 0) is 36.6 Å². The summed E-state index contributed by atoms with van der Waals surface area (Å²) >= 11 is 0. The van der Waals surface area contributed by atoms with E-state index in [9.17, 15) is 14.9 Å². The number of nitro groups is 1. The molecule has 2 aromatic heterocycles. The molecule has 0 bridgehead atoms. The molecule has 0 radical (unpaired) electrons. The van der Waals surface area contributed by atoms with Crippen LogP contribution in [0.15, 0.2) is 59.8 Å². The SMILES string of the molecule is Cc1cccc(-n2ncc3c(=O)n(Cc4cccc([N+](=O)[O-])c4)cnc32)c1C. The molecule has 4 rings (SSSR count). The van der Waals surface area contributed by atoms with Gasteiger partial charge in [-0.2, -0.15) is 5.10 Å². The Morgan fingerprint density at radius 2 is 1.93 bits per heavy atom. The molecule has 0 saturated carbocycles. The number of aryl methyl sites for hydroxylation is 1. The zero-order chi connectivity index (χ0) is 19.8. The van der Waals surface area contributed by atoms with Crippen molar-refractivity contribution in [1.29, 1.82) is 0 Å². The van der Waals surface area contributed by atoms with E-state index in [2.05, 4.69) is 10.1 Å². The number of nitrogens with zero attached hydrogens (tertiary/aromatic N) is 5. The summed E-state index contributed by atoms with van der Waals surface area (Å²) in [5, 5.41) is 15.7. The highest BCUT2D eigenvalue weighted by molar-refractivity contribution is 5.75. The second-order valence-electron chi connectivity index (χ2n) is 6.62. The number of benzene rings is 2. The molecule has 140 valence electrons. The Hall–Kier alpha value is -3.81. The third-order valence-corrected chi connectivity index (χ3v) is 4.83. The van der Waals surface area contributed by atoms with Crippen LogP contribution in [0.3, 0.4) is 0 Å². The van der Waals surface area contributed by atoms with Crippen LogP contribution < -0.4 is 5.56 Å². The van der Waals surface area contributed by atoms with Crippen molar-refractivity contribution in [2.45, 2.75) is 20.4 Å². The van der Waals surface area contributed by atoms with E-state index >= 15 is 0 Å². The number of hydrogen-bond donors (Lipinski definition) is 0. The van der Waals surface area contributed by atoms with Gasteiger partial charge in [-0.25, -0.2) is 9.67 Å². The quantitative estimate of drug-likeness (QED) is 0.403. The zero-order valence-electron chi connectivity index (χ0n) is 15.4. The van der Waals surface area contributed by atoms with E-state index in [1.165, 1.54) is 29.2 Å². The van der Waals surface area contributed by atoms with Crippen molar-refractivity contribution in [3.8, 4) is 5.69 Å². The van der Waals surface area contributed by atoms with E-state index in [0.717, 1.165) is 16.8 Å². The molecule has 0 unspecified atom stereocenters. The first-order valence-corrected chi connectivity index (χ1v) is 8.69. The Labute approximate surface area is 159 Å². The predicted octanol–water partition coefficient (Wildman–Crippen LogP) is 3.16. The van der Waals surface area contributed by atoms with Crippen LogP contribution in [0, 0.1) is 24.0 Å². The second kappa shape index (κ2) is 6.73. The summed E-state index contributed by atoms with van der Waals surface area (Å²) in [6, 6.07) is 12.1. The maximum atomic E-state index is 12.9. The summed E-state index contributed by atoms with van der Waals surface area (Å²) in [6.45, 7) is 4.21. The molecule has 4 aromatic rings. The largest absolute Gasteiger partial charge is 0.294 e. The van der Waals surface area contributed by atoms with Gasteiger partial charge in [0.05, 0.1) is 23.4 Å². The topological polar surface area (TPSA) is 95.8 Å². The fraction of sp³-hybridized carbons (Fsp3) is 0.150. The number of fused-ring (bicyclic) bond motifs is 1. The lowest BCUT2D eigenvalue weighted by molar-refractivity contribution is -0.384. The Morgan fingerprint density at radius 1 is 1.14 bits per heavy atom. The minimum Gasteiger partial charge on any atom is -0.294 e. The van der Waals surface area contributed by atoms with E-state index in [4.69, 9.17) is 0 Å². The molecule has 2 heterocycles. The molecule has 0 fully saturated rings. The van der Waals surface area contributed by atoms with Crippen molar-refractivity contribution in [2.75, 3.05) is 0 Å². The van der Waals surface area contributed by atoms with Crippen LogP contribution in [0.2, 0.25) is 0 Å². The molecule has 0 saturated heterocycles. The van der Waals surface area contributed by atoms with Gasteiger partial charge in [-0.15, -0.1) is 0 Å². The third-order valence-electron chi connectivity index (χ3n) is 4.83. The zero-order valence-corrected chi connectivity index (χ0v) is 15.4. The molecule has 0 N–H and O–H groups in total. The maximum absolute atomic E-state index is 12.9. The van der Waals surface area contributed by atoms with Gasteiger partial charge in [0.15, 0.2) is 5.65 Å². The monoisotopic (exact) mass is 375 g/mol. The predicted molar refractivity (Wildman–Crippen MR) is 105 cm³/mol. The standard InChI is InChI=1S/C20H17N5O3/c1-13-5-3-8-18(14(13)2)24-19-17(10-22-24)20(26)23(12-21-19)11-15-6-4-7-16(9-15)25(27)28/h3-10,12H,11H2,1-2H3. The molecule has 8 heteroatoms. The molecule has 0 aliphatic rings. The highest BCUT2D eigenvalue weighted by Gasteiger charge is 2.14. The van der Waals surface area contributed by atoms with Crippen LogP contribution in [0.5, 0.6) is 0 Å². The first-order valence-electron chi connectivity index (χ1n) is 8.69. The van der Waals surface area contributed by atoms with Crippen LogP contribution in [0.1, 0.15) is 16.7 Å². The van der Waals surface area contributed by atoms with Crippen molar-refractivity contribution < 1.29 is 4.92 Å². The Morgan fingerprint density at radius 3 is 2.71 bits per heavy atom. The lowest BCUT2D eigenvalue weighted by Gasteiger charge is -2.10. The van der Waals surface area contributed by atoms with Gasteiger partial charge in [0, 0.05) is 12.1 Å². The van der Waals surface area contributed by atoms with Gasteiger partial charge in [0.1, 0.15) is 11.7 Å². The summed E-state index contributed by atoms with van der Waals surface area (Å²) in [4.78, 5) is 27.8. The number of non-ortho nitro benzene ring substituents is 1. The van der Waals surface area contributed by atoms with Gasteiger partial charge < -0.3 is 0 Å². The van der Waals surface area contributed by atoms with E-state index < -0.39 is 4.92 Å². The van der Waals surface area contributed by atoms with E-state index in [-0.39, 0.29) is 17.8 Å². The first kappa shape index (κ1) is 17.6. The number of hydrogen-bond acceptors (Lipinski definition) is 5. The van der Waals surface area contributed by atoms with Crippen molar-refractivity contribution in [2.24, 2.45) is 0 Å². The molecule has 8 nitrogen and oxygen atoms in total. The molecule has 0 amide bonds. The van der Waals surface area contributed by atoms with Crippen molar-refractivity contribution in [1.82, 2.24) is 19.3 Å². The van der Waals surface area contributed by atoms with Crippen LogP contribution in [-0.2, 0) is 6.54 Å². The molecule has 0 aliphatic carbocycles. The molecule has 2 aromatic carbocycles. The smallest absolute Gasteiger partial charge is 0.269 e. The molecule has 0 spiro atoms. The van der Waals surface area contributed by atoms with Crippen LogP contribution in [0.4, 0.5) is 5.69 Å². The van der Waals surface area contributed by atoms with Crippen LogP contribution in [0.25, 0.3) is 16.7 Å². The summed E-state index contributed by atoms with van der Waals surface area (Å²) < 4.78 is 3.09. The highest BCUT2D eigenvalue weighted by Crippen LogP contribution is 2.20. The lowest BCUT2D eigenvalue weighted by atomic mass is 10.1. The molecular formula is C20H17N5O3. The van der Waals surface area contributed by atoms with Gasteiger partial charge in [0.25, 0.3) is 11.2 Å². The van der Waals surface area contributed by atoms with Gasteiger partial charge >= 0.3 is 0 Å². The van der Waals surface area contributed by atoms with Crippen molar-refractivity contribution in [3.05, 3.63) is 92.1 Å².